The van der Waals surface area contributed by atoms with Gasteiger partial charge in [0.2, 0.25) is 0 Å². The van der Waals surface area contributed by atoms with Crippen molar-refractivity contribution >= 4 is 34.7 Å². The average molecular weight is 389 g/mol. The summed E-state index contributed by atoms with van der Waals surface area (Å²) in [5, 5.41) is 1.03. The molecule has 0 radical (unpaired) electrons. The van der Waals surface area contributed by atoms with Gasteiger partial charge in [0.15, 0.2) is 0 Å². The fourth-order valence-corrected chi connectivity index (χ4v) is 3.23. The van der Waals surface area contributed by atoms with Crippen LogP contribution in [0.15, 0.2) is 77.6 Å². The van der Waals surface area contributed by atoms with Crippen molar-refractivity contribution in [2.75, 3.05) is 7.11 Å². The Morgan fingerprint density at radius 3 is 2.39 bits per heavy atom. The second kappa shape index (κ2) is 7.71. The second-order valence-electron chi connectivity index (χ2n) is 6.19. The smallest absolute Gasteiger partial charge is 0.266 e. The number of ether oxygens (including phenoxy) is 1. The Bertz CT molecular complexity index is 1230. The van der Waals surface area contributed by atoms with E-state index in [1.807, 2.05) is 72.8 Å². The van der Waals surface area contributed by atoms with E-state index >= 15 is 0 Å². The molecule has 0 aliphatic rings. The van der Waals surface area contributed by atoms with Gasteiger partial charge in [-0.15, -0.1) is 0 Å². The molecule has 0 fully saturated rings. The van der Waals surface area contributed by atoms with Gasteiger partial charge in [0.1, 0.15) is 11.6 Å². The topological polar surface area (TPSA) is 44.1 Å². The van der Waals surface area contributed by atoms with Crippen molar-refractivity contribution in [3.05, 3.63) is 99.6 Å². The molecule has 4 nitrogen and oxygen atoms in total. The van der Waals surface area contributed by atoms with E-state index in [0.29, 0.717) is 27.4 Å². The summed E-state index contributed by atoms with van der Waals surface area (Å²) in [6, 6.07) is 22.2. The van der Waals surface area contributed by atoms with E-state index in [1.165, 1.54) is 0 Å². The molecule has 0 aliphatic heterocycles. The van der Waals surface area contributed by atoms with Gasteiger partial charge in [-0.05, 0) is 48.0 Å². The molecule has 0 amide bonds. The Morgan fingerprint density at radius 2 is 1.64 bits per heavy atom. The first-order valence-electron chi connectivity index (χ1n) is 8.76. The predicted octanol–water partition coefficient (Wildman–Crippen LogP) is 5.22. The zero-order valence-corrected chi connectivity index (χ0v) is 15.9. The standard InChI is InChI=1S/C23H17ClN2O2/c1-28-17-13-10-16(11-14-17)12-15-22-25-20-8-4-2-6-18(20)23(27)26(22)21-9-5-3-7-19(21)24/h2-15H,1H3. The Morgan fingerprint density at radius 1 is 0.929 bits per heavy atom. The zero-order chi connectivity index (χ0) is 19.5. The average Bonchev–Trinajstić information content (AvgIpc) is 2.73. The van der Waals surface area contributed by atoms with Crippen LogP contribution in [0.2, 0.25) is 5.02 Å². The number of benzene rings is 3. The van der Waals surface area contributed by atoms with E-state index in [1.54, 1.807) is 23.8 Å². The summed E-state index contributed by atoms with van der Waals surface area (Å²) in [6.07, 6.45) is 3.72. The molecule has 0 saturated heterocycles. The predicted molar refractivity (Wildman–Crippen MR) is 114 cm³/mol. The number of nitrogens with zero attached hydrogens (tertiary/aromatic N) is 2. The molecule has 0 saturated carbocycles. The van der Waals surface area contributed by atoms with Crippen molar-refractivity contribution in [3.63, 3.8) is 0 Å². The summed E-state index contributed by atoms with van der Waals surface area (Å²) in [5.74, 6) is 1.29. The molecule has 5 heteroatoms. The van der Waals surface area contributed by atoms with Crippen LogP contribution in [0.25, 0.3) is 28.7 Å². The van der Waals surface area contributed by atoms with Gasteiger partial charge in [0, 0.05) is 0 Å². The highest BCUT2D eigenvalue weighted by atomic mass is 35.5. The number of methoxy groups -OCH3 is 1. The number of aromatic nitrogens is 2. The van der Waals surface area contributed by atoms with Crippen molar-refractivity contribution in [3.8, 4) is 11.4 Å². The molecule has 4 aromatic rings. The van der Waals surface area contributed by atoms with Gasteiger partial charge in [0.05, 0.1) is 28.7 Å². The van der Waals surface area contributed by atoms with Gasteiger partial charge in [-0.25, -0.2) is 4.98 Å². The van der Waals surface area contributed by atoms with Crippen LogP contribution in [0.4, 0.5) is 0 Å². The highest BCUT2D eigenvalue weighted by molar-refractivity contribution is 6.32. The van der Waals surface area contributed by atoms with Crippen LogP contribution in [0.3, 0.4) is 0 Å². The minimum absolute atomic E-state index is 0.159. The molecule has 1 heterocycles. The highest BCUT2D eigenvalue weighted by Gasteiger charge is 2.13. The lowest BCUT2D eigenvalue weighted by Crippen LogP contribution is -2.22. The molecule has 0 spiro atoms. The summed E-state index contributed by atoms with van der Waals surface area (Å²) in [6.45, 7) is 0. The lowest BCUT2D eigenvalue weighted by molar-refractivity contribution is 0.415. The lowest BCUT2D eigenvalue weighted by atomic mass is 10.2. The van der Waals surface area contributed by atoms with Gasteiger partial charge >= 0.3 is 0 Å². The minimum atomic E-state index is -0.159. The van der Waals surface area contributed by atoms with Gasteiger partial charge in [0.25, 0.3) is 5.56 Å². The fraction of sp³-hybridized carbons (Fsp3) is 0.0435. The van der Waals surface area contributed by atoms with Crippen molar-refractivity contribution in [2.45, 2.75) is 0 Å². The number of fused-ring (bicyclic) bond motifs is 1. The van der Waals surface area contributed by atoms with Crippen molar-refractivity contribution in [1.29, 1.82) is 0 Å². The number of hydrogen-bond acceptors (Lipinski definition) is 3. The third kappa shape index (κ3) is 3.42. The van der Waals surface area contributed by atoms with Gasteiger partial charge < -0.3 is 4.74 Å². The van der Waals surface area contributed by atoms with E-state index in [-0.39, 0.29) is 5.56 Å². The second-order valence-corrected chi connectivity index (χ2v) is 6.59. The molecule has 0 N–H and O–H groups in total. The third-order valence-corrected chi connectivity index (χ3v) is 4.76. The molecule has 0 atom stereocenters. The van der Waals surface area contributed by atoms with Gasteiger partial charge in [-0.2, -0.15) is 0 Å². The van der Waals surface area contributed by atoms with E-state index in [0.717, 1.165) is 11.3 Å². The normalized spacial score (nSPS) is 11.2. The van der Waals surface area contributed by atoms with Crippen LogP contribution in [0, 0.1) is 0 Å². The molecule has 28 heavy (non-hydrogen) atoms. The van der Waals surface area contributed by atoms with Crippen LogP contribution in [0.1, 0.15) is 11.4 Å². The van der Waals surface area contributed by atoms with E-state index < -0.39 is 0 Å². The monoisotopic (exact) mass is 388 g/mol. The summed E-state index contributed by atoms with van der Waals surface area (Å²) < 4.78 is 6.74. The van der Waals surface area contributed by atoms with E-state index in [4.69, 9.17) is 21.3 Å². The first-order chi connectivity index (χ1) is 13.7. The van der Waals surface area contributed by atoms with Crippen LogP contribution in [0.5, 0.6) is 5.75 Å². The molecule has 4 rings (SSSR count). The third-order valence-electron chi connectivity index (χ3n) is 4.44. The summed E-state index contributed by atoms with van der Waals surface area (Å²) in [7, 11) is 1.63. The molecular weight excluding hydrogens is 372 g/mol. The maximum Gasteiger partial charge on any atom is 0.266 e. The van der Waals surface area contributed by atoms with E-state index in [2.05, 4.69) is 0 Å². The lowest BCUT2D eigenvalue weighted by Gasteiger charge is -2.12. The maximum atomic E-state index is 13.2. The summed E-state index contributed by atoms with van der Waals surface area (Å²) in [4.78, 5) is 17.9. The van der Waals surface area contributed by atoms with Crippen LogP contribution in [-0.4, -0.2) is 16.7 Å². The summed E-state index contributed by atoms with van der Waals surface area (Å²) >= 11 is 6.38. The van der Waals surface area contributed by atoms with Crippen LogP contribution >= 0.6 is 11.6 Å². The molecule has 1 aromatic heterocycles. The number of halogens is 1. The Hall–Kier alpha value is -3.37. The molecule has 138 valence electrons. The molecule has 3 aromatic carbocycles. The minimum Gasteiger partial charge on any atom is -0.497 e. The Balaban J connectivity index is 1.91. The van der Waals surface area contributed by atoms with Crippen molar-refractivity contribution < 1.29 is 4.74 Å². The SMILES string of the molecule is COc1ccc(C=Cc2nc3ccccc3c(=O)n2-c2ccccc2Cl)cc1. The fourth-order valence-electron chi connectivity index (χ4n) is 3.01. The molecular formula is C23H17ClN2O2. The first-order valence-corrected chi connectivity index (χ1v) is 9.14. The number of para-hydroxylation sites is 2. The number of rotatable bonds is 4. The Kier molecular flexibility index (Phi) is 4.96. The highest BCUT2D eigenvalue weighted by Crippen LogP contribution is 2.22. The summed E-state index contributed by atoms with van der Waals surface area (Å²) in [5.41, 5.74) is 2.05. The van der Waals surface area contributed by atoms with Gasteiger partial charge in [-0.3, -0.25) is 9.36 Å². The molecule has 0 aliphatic carbocycles. The van der Waals surface area contributed by atoms with E-state index in [9.17, 15) is 4.79 Å². The molecule has 0 bridgehead atoms. The number of hydrogen-bond donors (Lipinski definition) is 0. The zero-order valence-electron chi connectivity index (χ0n) is 15.2. The first kappa shape index (κ1) is 18.0. The quantitative estimate of drug-likeness (QED) is 0.481. The molecule has 0 unspecified atom stereocenters. The maximum absolute atomic E-state index is 13.2. The largest absolute Gasteiger partial charge is 0.497 e. The van der Waals surface area contributed by atoms with Crippen LogP contribution < -0.4 is 10.3 Å². The Labute approximate surface area is 167 Å². The van der Waals surface area contributed by atoms with Crippen LogP contribution in [-0.2, 0) is 0 Å². The van der Waals surface area contributed by atoms with Gasteiger partial charge in [-0.1, -0.05) is 54.1 Å². The van der Waals surface area contributed by atoms with Crippen molar-refractivity contribution in [2.24, 2.45) is 0 Å². The van der Waals surface area contributed by atoms with Crippen molar-refractivity contribution in [1.82, 2.24) is 9.55 Å².